The number of carboxylic acid groups (broad SMARTS) is 1. The Hall–Kier alpha value is -1.68. The fraction of sp³-hybridized carbons (Fsp3) is 0.250. The van der Waals surface area contributed by atoms with Crippen LogP contribution in [0.2, 0.25) is 5.02 Å². The van der Waals surface area contributed by atoms with Gasteiger partial charge in [0.2, 0.25) is 0 Å². The lowest BCUT2D eigenvalue weighted by atomic mass is 10.2. The summed E-state index contributed by atoms with van der Waals surface area (Å²) in [6, 6.07) is 3.58. The third-order valence-electron chi connectivity index (χ3n) is 2.15. The van der Waals surface area contributed by atoms with Gasteiger partial charge < -0.3 is 15.2 Å². The molecule has 0 aliphatic heterocycles. The molecule has 0 unspecified atom stereocenters. The Bertz CT molecular complexity index is 444. The van der Waals surface area contributed by atoms with Crippen LogP contribution in [0.4, 0.5) is 5.69 Å². The molecule has 0 spiro atoms. The van der Waals surface area contributed by atoms with Gasteiger partial charge in [0.25, 0.3) is 0 Å². The third kappa shape index (κ3) is 4.00. The van der Waals surface area contributed by atoms with Gasteiger partial charge >= 0.3 is 5.97 Å². The van der Waals surface area contributed by atoms with Gasteiger partial charge in [-0.05, 0) is 24.6 Å². The Kier molecular flexibility index (Phi) is 4.84. The lowest BCUT2D eigenvalue weighted by molar-refractivity contribution is -0.131. The maximum Gasteiger partial charge on any atom is 0.328 e. The van der Waals surface area contributed by atoms with E-state index in [1.165, 1.54) is 6.08 Å². The summed E-state index contributed by atoms with van der Waals surface area (Å²) in [6.45, 7) is 2.28. The summed E-state index contributed by atoms with van der Waals surface area (Å²) in [5, 5.41) is 12.1. The van der Waals surface area contributed by atoms with Crippen molar-refractivity contribution in [3.8, 4) is 5.75 Å². The Balaban J connectivity index is 2.76. The Morgan fingerprint density at radius 1 is 1.59 bits per heavy atom. The molecule has 1 aromatic rings. The summed E-state index contributed by atoms with van der Waals surface area (Å²) in [5.74, 6) is -0.295. The van der Waals surface area contributed by atoms with E-state index >= 15 is 0 Å². The molecule has 1 rings (SSSR count). The van der Waals surface area contributed by atoms with Crippen LogP contribution in [-0.2, 0) is 4.79 Å². The van der Waals surface area contributed by atoms with Gasteiger partial charge in [-0.25, -0.2) is 4.79 Å². The van der Waals surface area contributed by atoms with Crippen molar-refractivity contribution in [1.82, 2.24) is 0 Å². The lowest BCUT2D eigenvalue weighted by Gasteiger charge is -2.11. The molecular weight excluding hydrogens is 242 g/mol. The predicted octanol–water partition coefficient (Wildman–Crippen LogP) is 2.71. The zero-order valence-corrected chi connectivity index (χ0v) is 10.4. The van der Waals surface area contributed by atoms with Crippen molar-refractivity contribution in [2.75, 3.05) is 19.0 Å². The SMILES string of the molecule is COc1cc(C)c(Cl)cc1NC/C=C/C(=O)O. The number of hydrogen-bond acceptors (Lipinski definition) is 3. The maximum absolute atomic E-state index is 10.3. The average Bonchev–Trinajstić information content (AvgIpc) is 2.28. The molecule has 1 aromatic carbocycles. The van der Waals surface area contributed by atoms with Crippen molar-refractivity contribution >= 4 is 23.3 Å². The summed E-state index contributed by atoms with van der Waals surface area (Å²) in [4.78, 5) is 10.3. The quantitative estimate of drug-likeness (QED) is 0.795. The zero-order valence-electron chi connectivity index (χ0n) is 9.66. The van der Waals surface area contributed by atoms with Crippen LogP contribution in [0.25, 0.3) is 0 Å². The number of aryl methyl sites for hydroxylation is 1. The van der Waals surface area contributed by atoms with Crippen molar-refractivity contribution in [1.29, 1.82) is 0 Å². The molecule has 0 atom stereocenters. The number of carbonyl (C=O) groups is 1. The number of rotatable bonds is 5. The van der Waals surface area contributed by atoms with Gasteiger partial charge in [-0.1, -0.05) is 17.7 Å². The van der Waals surface area contributed by atoms with Gasteiger partial charge in [0.15, 0.2) is 0 Å². The summed E-state index contributed by atoms with van der Waals surface area (Å²) >= 11 is 6.00. The van der Waals surface area contributed by atoms with E-state index in [4.69, 9.17) is 21.4 Å². The van der Waals surface area contributed by atoms with Crippen LogP contribution in [-0.4, -0.2) is 24.7 Å². The van der Waals surface area contributed by atoms with Crippen molar-refractivity contribution < 1.29 is 14.6 Å². The molecule has 0 aliphatic rings. The van der Waals surface area contributed by atoms with Crippen LogP contribution in [0.15, 0.2) is 24.3 Å². The number of ether oxygens (including phenoxy) is 1. The van der Waals surface area contributed by atoms with Gasteiger partial charge in [-0.3, -0.25) is 0 Å². The van der Waals surface area contributed by atoms with E-state index in [0.717, 1.165) is 17.3 Å². The van der Waals surface area contributed by atoms with Crippen molar-refractivity contribution in [3.05, 3.63) is 34.9 Å². The highest BCUT2D eigenvalue weighted by atomic mass is 35.5. The van der Waals surface area contributed by atoms with Crippen LogP contribution in [0.5, 0.6) is 5.75 Å². The number of nitrogens with one attached hydrogen (secondary N) is 1. The van der Waals surface area contributed by atoms with E-state index in [1.807, 2.05) is 13.0 Å². The van der Waals surface area contributed by atoms with E-state index in [-0.39, 0.29) is 0 Å². The normalized spacial score (nSPS) is 10.5. The molecule has 0 saturated carbocycles. The van der Waals surface area contributed by atoms with Crippen LogP contribution >= 0.6 is 11.6 Å². The fourth-order valence-corrected chi connectivity index (χ4v) is 1.45. The average molecular weight is 256 g/mol. The second kappa shape index (κ2) is 6.15. The van der Waals surface area contributed by atoms with E-state index in [2.05, 4.69) is 5.32 Å². The van der Waals surface area contributed by atoms with Crippen LogP contribution in [0, 0.1) is 6.92 Å². The standard InChI is InChI=1S/C12H14ClNO3/c1-8-6-11(17-2)10(7-9(8)13)14-5-3-4-12(15)16/h3-4,6-7,14H,5H2,1-2H3,(H,15,16)/b4-3+. The molecule has 92 valence electrons. The summed E-state index contributed by atoms with van der Waals surface area (Å²) in [7, 11) is 1.57. The molecule has 0 saturated heterocycles. The largest absolute Gasteiger partial charge is 0.495 e. The van der Waals surface area contributed by atoms with E-state index < -0.39 is 5.97 Å². The molecular formula is C12H14ClNO3. The maximum atomic E-state index is 10.3. The van der Waals surface area contributed by atoms with Gasteiger partial charge in [0, 0.05) is 17.6 Å². The first-order chi connectivity index (χ1) is 8.04. The zero-order chi connectivity index (χ0) is 12.8. The fourth-order valence-electron chi connectivity index (χ4n) is 1.29. The second-order valence-corrected chi connectivity index (χ2v) is 3.83. The topological polar surface area (TPSA) is 58.6 Å². The molecule has 0 fully saturated rings. The Labute approximate surface area is 105 Å². The van der Waals surface area contributed by atoms with Crippen molar-refractivity contribution in [2.45, 2.75) is 6.92 Å². The second-order valence-electron chi connectivity index (χ2n) is 3.42. The molecule has 0 aliphatic carbocycles. The molecule has 0 radical (unpaired) electrons. The Morgan fingerprint density at radius 2 is 2.29 bits per heavy atom. The molecule has 2 N–H and O–H groups in total. The van der Waals surface area contributed by atoms with Gasteiger partial charge in [0.05, 0.1) is 12.8 Å². The number of hydrogen-bond donors (Lipinski definition) is 2. The van der Waals surface area contributed by atoms with Crippen molar-refractivity contribution in [3.63, 3.8) is 0 Å². The van der Waals surface area contributed by atoms with E-state index in [0.29, 0.717) is 17.3 Å². The number of halogens is 1. The van der Waals surface area contributed by atoms with Gasteiger partial charge in [-0.2, -0.15) is 0 Å². The molecule has 4 nitrogen and oxygen atoms in total. The summed E-state index contributed by atoms with van der Waals surface area (Å²) in [5.41, 5.74) is 1.66. The van der Waals surface area contributed by atoms with Gasteiger partial charge in [0.1, 0.15) is 5.75 Å². The number of carboxylic acids is 1. The highest BCUT2D eigenvalue weighted by Gasteiger charge is 2.05. The molecule has 0 amide bonds. The minimum absolute atomic E-state index is 0.391. The van der Waals surface area contributed by atoms with Crippen LogP contribution < -0.4 is 10.1 Å². The first-order valence-electron chi connectivity index (χ1n) is 5.02. The highest BCUT2D eigenvalue weighted by Crippen LogP contribution is 2.30. The van der Waals surface area contributed by atoms with E-state index in [1.54, 1.807) is 13.2 Å². The molecule has 0 aromatic heterocycles. The first kappa shape index (κ1) is 13.4. The molecule has 17 heavy (non-hydrogen) atoms. The van der Waals surface area contributed by atoms with Crippen molar-refractivity contribution in [2.24, 2.45) is 0 Å². The highest BCUT2D eigenvalue weighted by molar-refractivity contribution is 6.31. The molecule has 0 bridgehead atoms. The van der Waals surface area contributed by atoms with Crippen LogP contribution in [0.1, 0.15) is 5.56 Å². The molecule has 0 heterocycles. The third-order valence-corrected chi connectivity index (χ3v) is 2.56. The van der Waals surface area contributed by atoms with Crippen LogP contribution in [0.3, 0.4) is 0 Å². The molecule has 5 heteroatoms. The number of anilines is 1. The van der Waals surface area contributed by atoms with E-state index in [9.17, 15) is 4.79 Å². The summed E-state index contributed by atoms with van der Waals surface area (Å²) in [6.07, 6.45) is 2.59. The minimum Gasteiger partial charge on any atom is -0.495 e. The monoisotopic (exact) mass is 255 g/mol. The first-order valence-corrected chi connectivity index (χ1v) is 5.40. The van der Waals surface area contributed by atoms with Gasteiger partial charge in [-0.15, -0.1) is 0 Å². The predicted molar refractivity (Wildman–Crippen MR) is 68.0 cm³/mol. The minimum atomic E-state index is -0.972. The number of methoxy groups -OCH3 is 1. The lowest BCUT2D eigenvalue weighted by Crippen LogP contribution is -2.02. The number of aliphatic carboxylic acids is 1. The smallest absolute Gasteiger partial charge is 0.328 e. The summed E-state index contributed by atoms with van der Waals surface area (Å²) < 4.78 is 5.20. The Morgan fingerprint density at radius 3 is 2.88 bits per heavy atom. The number of benzene rings is 1.